The maximum atomic E-state index is 12.1. The van der Waals surface area contributed by atoms with Crippen LogP contribution in [0.1, 0.15) is 0 Å². The molecule has 2 heterocycles. The molecule has 1 aromatic carbocycles. The van der Waals surface area contributed by atoms with Gasteiger partial charge in [-0.05, 0) is 36.4 Å². The topological polar surface area (TPSA) is 80.4 Å². The van der Waals surface area contributed by atoms with E-state index in [4.69, 9.17) is 4.42 Å². The Morgan fingerprint density at radius 3 is 2.50 bits per heavy atom. The number of benzene rings is 1. The summed E-state index contributed by atoms with van der Waals surface area (Å²) in [5.41, 5.74) is 0.510. The van der Waals surface area contributed by atoms with Crippen molar-refractivity contribution in [3.8, 4) is 22.8 Å². The van der Waals surface area contributed by atoms with Crippen molar-refractivity contribution in [2.45, 2.75) is 6.36 Å². The lowest BCUT2D eigenvalue weighted by molar-refractivity contribution is -0.274. The van der Waals surface area contributed by atoms with Gasteiger partial charge in [0.1, 0.15) is 5.75 Å². The van der Waals surface area contributed by atoms with Crippen LogP contribution in [0.25, 0.3) is 11.3 Å². The van der Waals surface area contributed by atoms with Gasteiger partial charge in [0.15, 0.2) is 17.3 Å². The van der Waals surface area contributed by atoms with Crippen LogP contribution >= 0.6 is 0 Å². The summed E-state index contributed by atoms with van der Waals surface area (Å²) in [5.74, 6) is 0.0831. The number of aromatic hydroxyl groups is 1. The van der Waals surface area contributed by atoms with Crippen molar-refractivity contribution >= 4 is 11.8 Å². The Balaban J connectivity index is 1.75. The summed E-state index contributed by atoms with van der Waals surface area (Å²) in [5, 5.41) is 12.3. The molecule has 2 N–H and O–H groups in total. The van der Waals surface area contributed by atoms with Crippen LogP contribution in [0.2, 0.25) is 0 Å². The van der Waals surface area contributed by atoms with Crippen LogP contribution in [0.3, 0.4) is 0 Å². The fourth-order valence-electron chi connectivity index (χ4n) is 1.88. The fraction of sp³-hybridized carbons (Fsp3) is 0.0667. The Kier molecular flexibility index (Phi) is 3.98. The lowest BCUT2D eigenvalue weighted by Gasteiger charge is -2.08. The van der Waals surface area contributed by atoms with E-state index in [9.17, 15) is 18.3 Å². The lowest BCUT2D eigenvalue weighted by atomic mass is 10.2. The third-order valence-electron chi connectivity index (χ3n) is 2.89. The first-order valence-electron chi connectivity index (χ1n) is 6.64. The van der Waals surface area contributed by atoms with Crippen LogP contribution in [-0.2, 0) is 0 Å². The van der Waals surface area contributed by atoms with E-state index in [1.54, 1.807) is 6.07 Å². The first-order chi connectivity index (χ1) is 11.4. The summed E-state index contributed by atoms with van der Waals surface area (Å²) < 4.78 is 45.6. The van der Waals surface area contributed by atoms with E-state index < -0.39 is 6.36 Å². The zero-order valence-electron chi connectivity index (χ0n) is 11.9. The third-order valence-corrected chi connectivity index (χ3v) is 2.89. The summed E-state index contributed by atoms with van der Waals surface area (Å²) >= 11 is 0. The SMILES string of the molecule is Oc1cccnc1Nc1ncc(-c2ccc(OC(F)(F)F)cc2)o1. The minimum absolute atomic E-state index is 0.0779. The van der Waals surface area contributed by atoms with E-state index >= 15 is 0 Å². The predicted octanol–water partition coefficient (Wildman–Crippen LogP) is 4.08. The van der Waals surface area contributed by atoms with Crippen molar-refractivity contribution < 1.29 is 27.4 Å². The van der Waals surface area contributed by atoms with Gasteiger partial charge < -0.3 is 14.3 Å². The molecule has 0 radical (unpaired) electrons. The molecule has 0 saturated heterocycles. The lowest BCUT2D eigenvalue weighted by Crippen LogP contribution is -2.16. The number of hydrogen-bond donors (Lipinski definition) is 2. The summed E-state index contributed by atoms with van der Waals surface area (Å²) in [6.45, 7) is 0. The van der Waals surface area contributed by atoms with Crippen LogP contribution in [0.4, 0.5) is 25.0 Å². The number of nitrogens with one attached hydrogen (secondary N) is 1. The number of nitrogens with zero attached hydrogens (tertiary/aromatic N) is 2. The smallest absolute Gasteiger partial charge is 0.504 e. The van der Waals surface area contributed by atoms with Gasteiger partial charge in [-0.1, -0.05) is 0 Å². The molecule has 3 aromatic rings. The van der Waals surface area contributed by atoms with E-state index in [0.717, 1.165) is 0 Å². The second-order valence-corrected chi connectivity index (χ2v) is 4.60. The van der Waals surface area contributed by atoms with E-state index in [1.807, 2.05) is 0 Å². The number of anilines is 2. The van der Waals surface area contributed by atoms with Gasteiger partial charge in [-0.3, -0.25) is 5.32 Å². The van der Waals surface area contributed by atoms with Gasteiger partial charge in [0.05, 0.1) is 6.20 Å². The van der Waals surface area contributed by atoms with E-state index in [1.165, 1.54) is 42.7 Å². The van der Waals surface area contributed by atoms with Gasteiger partial charge in [-0.2, -0.15) is 0 Å². The summed E-state index contributed by atoms with van der Waals surface area (Å²) in [4.78, 5) is 7.89. The molecule has 0 aliphatic heterocycles. The Morgan fingerprint density at radius 2 is 1.83 bits per heavy atom. The minimum atomic E-state index is -4.74. The minimum Gasteiger partial charge on any atom is -0.504 e. The second kappa shape index (κ2) is 6.11. The Hall–Kier alpha value is -3.23. The molecule has 0 atom stereocenters. The van der Waals surface area contributed by atoms with Gasteiger partial charge >= 0.3 is 12.4 Å². The maximum Gasteiger partial charge on any atom is 0.573 e. The number of pyridine rings is 1. The highest BCUT2D eigenvalue weighted by molar-refractivity contribution is 5.61. The van der Waals surface area contributed by atoms with E-state index in [0.29, 0.717) is 11.3 Å². The molecule has 0 unspecified atom stereocenters. The molecular formula is C15H10F3N3O3. The largest absolute Gasteiger partial charge is 0.573 e. The van der Waals surface area contributed by atoms with Gasteiger partial charge in [0.25, 0.3) is 0 Å². The number of alkyl halides is 3. The van der Waals surface area contributed by atoms with E-state index in [2.05, 4.69) is 20.0 Å². The number of halogens is 3. The zero-order valence-corrected chi connectivity index (χ0v) is 11.9. The van der Waals surface area contributed by atoms with Gasteiger partial charge in [0.2, 0.25) is 0 Å². The third kappa shape index (κ3) is 3.75. The Labute approximate surface area is 133 Å². The van der Waals surface area contributed by atoms with Gasteiger partial charge in [-0.25, -0.2) is 9.97 Å². The number of oxazole rings is 1. The monoisotopic (exact) mass is 337 g/mol. The molecule has 3 rings (SSSR count). The normalized spacial score (nSPS) is 11.3. The number of aromatic nitrogens is 2. The Morgan fingerprint density at radius 1 is 1.08 bits per heavy atom. The first kappa shape index (κ1) is 15.7. The van der Waals surface area contributed by atoms with Crippen LogP contribution in [0.15, 0.2) is 53.2 Å². The number of hydrogen-bond acceptors (Lipinski definition) is 6. The van der Waals surface area contributed by atoms with Crippen molar-refractivity contribution in [2.24, 2.45) is 0 Å². The van der Waals surface area contributed by atoms with Gasteiger partial charge in [0, 0.05) is 11.8 Å². The summed E-state index contributed by atoms with van der Waals surface area (Å²) in [7, 11) is 0. The molecule has 0 aliphatic rings. The molecule has 124 valence electrons. The van der Waals surface area contributed by atoms with Crippen molar-refractivity contribution in [3.63, 3.8) is 0 Å². The molecule has 0 amide bonds. The Bertz CT molecular complexity index is 832. The number of rotatable bonds is 4. The summed E-state index contributed by atoms with van der Waals surface area (Å²) in [6, 6.07) is 8.23. The predicted molar refractivity (Wildman–Crippen MR) is 77.8 cm³/mol. The molecule has 6 nitrogen and oxygen atoms in total. The molecular weight excluding hydrogens is 327 g/mol. The molecule has 0 saturated carbocycles. The first-order valence-corrected chi connectivity index (χ1v) is 6.64. The van der Waals surface area contributed by atoms with Crippen molar-refractivity contribution in [1.29, 1.82) is 0 Å². The van der Waals surface area contributed by atoms with Crippen LogP contribution in [-0.4, -0.2) is 21.4 Å². The van der Waals surface area contributed by atoms with Crippen LogP contribution < -0.4 is 10.1 Å². The van der Waals surface area contributed by atoms with Crippen molar-refractivity contribution in [2.75, 3.05) is 5.32 Å². The van der Waals surface area contributed by atoms with Crippen molar-refractivity contribution in [3.05, 3.63) is 48.8 Å². The average molecular weight is 337 g/mol. The molecule has 2 aromatic heterocycles. The fourth-order valence-corrected chi connectivity index (χ4v) is 1.88. The molecule has 0 aliphatic carbocycles. The molecule has 0 fully saturated rings. The molecule has 24 heavy (non-hydrogen) atoms. The quantitative estimate of drug-likeness (QED) is 0.746. The molecule has 9 heteroatoms. The standard InChI is InChI=1S/C15H10F3N3O3/c16-15(17,18)24-10-5-3-9(4-6-10)12-8-20-14(23-12)21-13-11(22)2-1-7-19-13/h1-8,22H,(H,19,20,21). The zero-order chi connectivity index (χ0) is 17.2. The highest BCUT2D eigenvalue weighted by Gasteiger charge is 2.31. The van der Waals surface area contributed by atoms with Gasteiger partial charge in [-0.15, -0.1) is 13.2 Å². The highest BCUT2D eigenvalue weighted by atomic mass is 19.4. The molecule has 0 spiro atoms. The van der Waals surface area contributed by atoms with Crippen molar-refractivity contribution in [1.82, 2.24) is 9.97 Å². The molecule has 0 bridgehead atoms. The summed E-state index contributed by atoms with van der Waals surface area (Å²) in [6.07, 6.45) is -1.87. The van der Waals surface area contributed by atoms with Crippen LogP contribution in [0, 0.1) is 0 Å². The maximum absolute atomic E-state index is 12.1. The van der Waals surface area contributed by atoms with Crippen LogP contribution in [0.5, 0.6) is 11.5 Å². The average Bonchev–Trinajstić information content (AvgIpc) is 2.97. The second-order valence-electron chi connectivity index (χ2n) is 4.60. The highest BCUT2D eigenvalue weighted by Crippen LogP contribution is 2.29. The number of ether oxygens (including phenoxy) is 1. The van der Waals surface area contributed by atoms with E-state index in [-0.39, 0.29) is 23.3 Å².